The zero-order valence-electron chi connectivity index (χ0n) is 17.6. The van der Waals surface area contributed by atoms with Gasteiger partial charge in [-0.1, -0.05) is 43.5 Å². The first-order valence-corrected chi connectivity index (χ1v) is 10.3. The molecule has 0 aromatic heterocycles. The minimum Gasteiger partial charge on any atom is -0.454 e. The van der Waals surface area contributed by atoms with Crippen molar-refractivity contribution in [2.45, 2.75) is 40.0 Å². The van der Waals surface area contributed by atoms with Gasteiger partial charge in [0.15, 0.2) is 11.5 Å². The Morgan fingerprint density at radius 2 is 1.77 bits per heavy atom. The van der Waals surface area contributed by atoms with Crippen molar-refractivity contribution in [1.82, 2.24) is 4.90 Å². The van der Waals surface area contributed by atoms with Crippen molar-refractivity contribution in [3.05, 3.63) is 58.8 Å². The molecule has 4 rings (SSSR count). The lowest BCUT2D eigenvalue weighted by molar-refractivity contribution is -0.136. The molecule has 0 saturated carbocycles. The maximum Gasteiger partial charge on any atom is 0.278 e. The predicted octanol–water partition coefficient (Wildman–Crippen LogP) is 4.41. The Kier molecular flexibility index (Phi) is 5.48. The summed E-state index contributed by atoms with van der Waals surface area (Å²) >= 11 is 0. The number of ether oxygens (including phenoxy) is 2. The van der Waals surface area contributed by atoms with Crippen LogP contribution in [0.2, 0.25) is 0 Å². The monoisotopic (exact) mass is 406 g/mol. The van der Waals surface area contributed by atoms with Gasteiger partial charge in [-0.25, -0.2) is 0 Å². The van der Waals surface area contributed by atoms with Crippen LogP contribution in [0.5, 0.6) is 11.5 Å². The zero-order valence-corrected chi connectivity index (χ0v) is 17.6. The molecule has 6 heteroatoms. The van der Waals surface area contributed by atoms with Gasteiger partial charge in [-0.2, -0.15) is 0 Å². The van der Waals surface area contributed by atoms with E-state index < -0.39 is 0 Å². The van der Waals surface area contributed by atoms with Gasteiger partial charge in [-0.15, -0.1) is 0 Å². The van der Waals surface area contributed by atoms with E-state index in [0.29, 0.717) is 35.0 Å². The Morgan fingerprint density at radius 3 is 2.53 bits per heavy atom. The van der Waals surface area contributed by atoms with Crippen LogP contribution in [0.25, 0.3) is 5.57 Å². The van der Waals surface area contributed by atoms with E-state index in [0.717, 1.165) is 36.0 Å². The van der Waals surface area contributed by atoms with Crippen molar-refractivity contribution < 1.29 is 19.1 Å². The van der Waals surface area contributed by atoms with Gasteiger partial charge in [0.05, 0.1) is 5.57 Å². The molecule has 0 aliphatic carbocycles. The third-order valence-corrected chi connectivity index (χ3v) is 5.45. The van der Waals surface area contributed by atoms with E-state index in [1.54, 1.807) is 12.1 Å². The molecular weight excluding hydrogens is 380 g/mol. The van der Waals surface area contributed by atoms with E-state index in [9.17, 15) is 9.59 Å². The number of carbonyl (C=O) groups excluding carboxylic acids is 2. The first-order chi connectivity index (χ1) is 14.5. The van der Waals surface area contributed by atoms with Gasteiger partial charge in [0.2, 0.25) is 6.79 Å². The van der Waals surface area contributed by atoms with Crippen LogP contribution in [0.4, 0.5) is 5.69 Å². The molecule has 0 fully saturated rings. The first kappa shape index (κ1) is 20.0. The molecule has 2 heterocycles. The lowest BCUT2D eigenvalue weighted by atomic mass is 9.97. The highest BCUT2D eigenvalue weighted by atomic mass is 16.7. The third-order valence-electron chi connectivity index (χ3n) is 5.45. The van der Waals surface area contributed by atoms with Crippen LogP contribution < -0.4 is 14.8 Å². The molecule has 0 saturated heterocycles. The second-order valence-electron chi connectivity index (χ2n) is 7.73. The van der Waals surface area contributed by atoms with Crippen LogP contribution in [0.15, 0.2) is 42.1 Å². The Labute approximate surface area is 176 Å². The van der Waals surface area contributed by atoms with Crippen molar-refractivity contribution in [3.8, 4) is 11.5 Å². The number of nitrogens with zero attached hydrogens (tertiary/aromatic N) is 1. The van der Waals surface area contributed by atoms with E-state index in [1.165, 1.54) is 4.90 Å². The highest BCUT2D eigenvalue weighted by molar-refractivity contribution is 6.36. The highest BCUT2D eigenvalue weighted by Gasteiger charge is 2.39. The number of fused-ring (bicyclic) bond motifs is 1. The standard InChI is InChI=1S/C24H26N2O4/c1-4-5-6-11-26-23(27)21(18-9-7-15(2)12-16(18)3)22(24(26)28)25-17-8-10-19-20(13-17)30-14-29-19/h7-10,12-13,25H,4-6,11,14H2,1-3H3. The van der Waals surface area contributed by atoms with E-state index in [2.05, 4.69) is 12.2 Å². The average Bonchev–Trinajstić information content (AvgIpc) is 3.27. The number of imide groups is 1. The summed E-state index contributed by atoms with van der Waals surface area (Å²) in [5, 5.41) is 3.19. The molecule has 0 bridgehead atoms. The number of amides is 2. The molecule has 2 aliphatic rings. The third kappa shape index (κ3) is 3.65. The lowest BCUT2D eigenvalue weighted by Crippen LogP contribution is -2.33. The highest BCUT2D eigenvalue weighted by Crippen LogP contribution is 2.37. The van der Waals surface area contributed by atoms with Crippen molar-refractivity contribution in [1.29, 1.82) is 0 Å². The number of aryl methyl sites for hydroxylation is 2. The number of hydrogen-bond donors (Lipinski definition) is 1. The van der Waals surface area contributed by atoms with E-state index in [-0.39, 0.29) is 18.6 Å². The first-order valence-electron chi connectivity index (χ1n) is 10.3. The van der Waals surface area contributed by atoms with Gasteiger partial charge in [0.25, 0.3) is 11.8 Å². The number of carbonyl (C=O) groups is 2. The van der Waals surface area contributed by atoms with Gasteiger partial charge in [0, 0.05) is 18.3 Å². The molecular formula is C24H26N2O4. The molecule has 2 aromatic carbocycles. The van der Waals surface area contributed by atoms with Gasteiger partial charge in [-0.05, 0) is 43.5 Å². The molecule has 1 N–H and O–H groups in total. The Balaban J connectivity index is 1.73. The van der Waals surface area contributed by atoms with Crippen molar-refractivity contribution in [2.24, 2.45) is 0 Å². The van der Waals surface area contributed by atoms with Crippen LogP contribution in [0.3, 0.4) is 0 Å². The molecule has 0 radical (unpaired) electrons. The van der Waals surface area contributed by atoms with E-state index in [1.807, 2.05) is 38.1 Å². The molecule has 30 heavy (non-hydrogen) atoms. The summed E-state index contributed by atoms with van der Waals surface area (Å²) in [5.41, 5.74) is 4.26. The van der Waals surface area contributed by atoms with E-state index in [4.69, 9.17) is 9.47 Å². The van der Waals surface area contributed by atoms with Crippen LogP contribution >= 0.6 is 0 Å². The minimum atomic E-state index is -0.288. The SMILES string of the molecule is CCCCCN1C(=O)C(Nc2ccc3c(c2)OCO3)=C(c2ccc(C)cc2C)C1=O. The maximum atomic E-state index is 13.3. The van der Waals surface area contributed by atoms with E-state index >= 15 is 0 Å². The van der Waals surface area contributed by atoms with Gasteiger partial charge < -0.3 is 14.8 Å². The quantitative estimate of drug-likeness (QED) is 0.545. The minimum absolute atomic E-state index is 0.178. The normalized spacial score (nSPS) is 15.4. The number of unbranched alkanes of at least 4 members (excludes halogenated alkanes) is 2. The molecule has 156 valence electrons. The lowest BCUT2D eigenvalue weighted by Gasteiger charge is -2.15. The molecule has 0 atom stereocenters. The Morgan fingerprint density at radius 1 is 0.967 bits per heavy atom. The summed E-state index contributed by atoms with van der Waals surface area (Å²) in [4.78, 5) is 27.9. The fourth-order valence-electron chi connectivity index (χ4n) is 3.88. The second-order valence-corrected chi connectivity index (χ2v) is 7.73. The summed E-state index contributed by atoms with van der Waals surface area (Å²) in [5.74, 6) is 0.749. The van der Waals surface area contributed by atoms with Crippen LogP contribution in [-0.2, 0) is 9.59 Å². The van der Waals surface area contributed by atoms with Gasteiger partial charge in [-0.3, -0.25) is 14.5 Å². The van der Waals surface area contributed by atoms with Crippen LogP contribution in [-0.4, -0.2) is 30.1 Å². The van der Waals surface area contributed by atoms with Gasteiger partial charge in [0.1, 0.15) is 5.70 Å². The zero-order chi connectivity index (χ0) is 21.3. The largest absolute Gasteiger partial charge is 0.454 e. The molecule has 0 unspecified atom stereocenters. The van der Waals surface area contributed by atoms with Crippen molar-refractivity contribution in [3.63, 3.8) is 0 Å². The van der Waals surface area contributed by atoms with Crippen molar-refractivity contribution >= 4 is 23.1 Å². The van der Waals surface area contributed by atoms with Gasteiger partial charge >= 0.3 is 0 Å². The molecule has 2 aromatic rings. The summed E-state index contributed by atoms with van der Waals surface area (Å²) in [6.07, 6.45) is 2.79. The number of benzene rings is 2. The fraction of sp³-hybridized carbons (Fsp3) is 0.333. The number of hydrogen-bond acceptors (Lipinski definition) is 5. The second kappa shape index (κ2) is 8.22. The maximum absolute atomic E-state index is 13.3. The summed E-state index contributed by atoms with van der Waals surface area (Å²) in [6, 6.07) is 11.3. The fourth-order valence-corrected chi connectivity index (χ4v) is 3.88. The number of rotatable bonds is 7. The van der Waals surface area contributed by atoms with Crippen LogP contribution in [0, 0.1) is 13.8 Å². The summed E-state index contributed by atoms with van der Waals surface area (Å²) in [7, 11) is 0. The van der Waals surface area contributed by atoms with Crippen molar-refractivity contribution in [2.75, 3.05) is 18.7 Å². The predicted molar refractivity (Wildman–Crippen MR) is 115 cm³/mol. The average molecular weight is 406 g/mol. The smallest absolute Gasteiger partial charge is 0.278 e. The Hall–Kier alpha value is -3.28. The molecule has 6 nitrogen and oxygen atoms in total. The molecule has 0 spiro atoms. The number of nitrogens with one attached hydrogen (secondary N) is 1. The molecule has 2 aliphatic heterocycles. The summed E-state index contributed by atoms with van der Waals surface area (Å²) in [6.45, 7) is 6.67. The Bertz CT molecular complexity index is 1040. The topological polar surface area (TPSA) is 67.9 Å². The number of anilines is 1. The molecule has 2 amide bonds. The summed E-state index contributed by atoms with van der Waals surface area (Å²) < 4.78 is 10.8. The van der Waals surface area contributed by atoms with Crippen LogP contribution in [0.1, 0.15) is 42.9 Å².